The largest absolute Gasteiger partial charge is 0.143 e. The van der Waals surface area contributed by atoms with Crippen LogP contribution in [-0.4, -0.2) is 34.4 Å². The molecule has 0 saturated heterocycles. The van der Waals surface area contributed by atoms with E-state index in [0.717, 1.165) is 18.7 Å². The van der Waals surface area contributed by atoms with Gasteiger partial charge in [-0.15, -0.1) is 7.92 Å². The molecule has 0 aromatic rings. The van der Waals surface area contributed by atoms with E-state index in [1.807, 2.05) is 0 Å². The SMILES string of the molecule is CCC(P(CC)CC)C(Cl)(Cl)P(CC)CC. The minimum absolute atomic E-state index is 0.000648. The minimum atomic E-state index is -0.453. The van der Waals surface area contributed by atoms with Gasteiger partial charge in [-0.05, 0) is 31.1 Å². The van der Waals surface area contributed by atoms with Crippen LogP contribution in [0.5, 0.6) is 0 Å². The second kappa shape index (κ2) is 8.53. The van der Waals surface area contributed by atoms with E-state index in [2.05, 4.69) is 34.6 Å². The van der Waals surface area contributed by atoms with Crippen LogP contribution in [0.1, 0.15) is 41.0 Å². The van der Waals surface area contributed by atoms with Crippen molar-refractivity contribution < 1.29 is 0 Å². The highest BCUT2D eigenvalue weighted by atomic mass is 35.5. The lowest BCUT2D eigenvalue weighted by Crippen LogP contribution is -2.30. The van der Waals surface area contributed by atoms with Crippen LogP contribution in [0.4, 0.5) is 0 Å². The molecule has 0 N–H and O–H groups in total. The third-order valence-electron chi connectivity index (χ3n) is 3.23. The van der Waals surface area contributed by atoms with E-state index >= 15 is 0 Å². The van der Waals surface area contributed by atoms with E-state index in [-0.39, 0.29) is 15.8 Å². The van der Waals surface area contributed by atoms with Crippen LogP contribution in [0, 0.1) is 0 Å². The molecule has 1 unspecified atom stereocenters. The monoisotopic (exact) mass is 302 g/mol. The van der Waals surface area contributed by atoms with Crippen molar-refractivity contribution in [2.24, 2.45) is 0 Å². The molecule has 1 atom stereocenters. The van der Waals surface area contributed by atoms with Crippen LogP contribution in [0.15, 0.2) is 0 Å². The Morgan fingerprint density at radius 3 is 1.56 bits per heavy atom. The van der Waals surface area contributed by atoms with Crippen LogP contribution in [0.2, 0.25) is 0 Å². The summed E-state index contributed by atoms with van der Waals surface area (Å²) in [5.74, 6) is 0. The first-order chi connectivity index (χ1) is 7.49. The van der Waals surface area contributed by atoms with Gasteiger partial charge in [0.15, 0.2) is 0 Å². The third-order valence-corrected chi connectivity index (χ3v) is 11.6. The highest BCUT2D eigenvalue weighted by Crippen LogP contribution is 2.64. The van der Waals surface area contributed by atoms with E-state index in [9.17, 15) is 0 Å². The summed E-state index contributed by atoms with van der Waals surface area (Å²) in [5.41, 5.74) is 0.520. The Morgan fingerprint density at radius 2 is 1.31 bits per heavy atom. The fourth-order valence-corrected chi connectivity index (χ4v) is 9.97. The van der Waals surface area contributed by atoms with E-state index in [4.69, 9.17) is 23.2 Å². The summed E-state index contributed by atoms with van der Waals surface area (Å²) in [4.78, 5) is 0. The molecule has 0 aromatic heterocycles. The van der Waals surface area contributed by atoms with Gasteiger partial charge in [0.2, 0.25) is 0 Å². The predicted octanol–water partition coefficient (Wildman–Crippen LogP) is 5.94. The van der Waals surface area contributed by atoms with E-state index < -0.39 is 4.07 Å². The molecule has 0 aliphatic heterocycles. The van der Waals surface area contributed by atoms with Gasteiger partial charge < -0.3 is 0 Å². The number of hydrogen-bond donors (Lipinski definition) is 0. The first kappa shape index (κ1) is 17.4. The van der Waals surface area contributed by atoms with Gasteiger partial charge in [-0.2, -0.15) is 0 Å². The van der Waals surface area contributed by atoms with Crippen LogP contribution in [-0.2, 0) is 0 Å². The standard InChI is InChI=1S/C12H26Cl2P2/c1-6-11(15(7-2)8-3)12(13,14)16(9-4)10-5/h11H,6-10H2,1-5H3. The molecule has 0 rings (SSSR count). The van der Waals surface area contributed by atoms with Crippen molar-refractivity contribution in [3.63, 3.8) is 0 Å². The van der Waals surface area contributed by atoms with Crippen LogP contribution in [0.25, 0.3) is 0 Å². The molecule has 0 radical (unpaired) electrons. The molecular weight excluding hydrogens is 277 g/mol. The highest BCUT2D eigenvalue weighted by molar-refractivity contribution is 7.66. The molecule has 16 heavy (non-hydrogen) atoms. The van der Waals surface area contributed by atoms with Gasteiger partial charge in [0.1, 0.15) is 4.07 Å². The van der Waals surface area contributed by atoms with Crippen molar-refractivity contribution in [1.29, 1.82) is 0 Å². The molecule has 0 bridgehead atoms. The quantitative estimate of drug-likeness (QED) is 0.384. The van der Waals surface area contributed by atoms with Crippen LogP contribution in [0.3, 0.4) is 0 Å². The molecule has 0 aliphatic carbocycles. The molecule has 0 amide bonds. The van der Waals surface area contributed by atoms with Gasteiger partial charge >= 0.3 is 0 Å². The number of hydrogen-bond acceptors (Lipinski definition) is 0. The summed E-state index contributed by atoms with van der Waals surface area (Å²) in [5, 5.41) is 0. The van der Waals surface area contributed by atoms with Gasteiger partial charge in [0, 0.05) is 5.66 Å². The molecular formula is C12H26Cl2P2. The van der Waals surface area contributed by atoms with Crippen molar-refractivity contribution in [2.75, 3.05) is 24.6 Å². The zero-order chi connectivity index (χ0) is 12.8. The summed E-state index contributed by atoms with van der Waals surface area (Å²) < 4.78 is -0.453. The maximum absolute atomic E-state index is 6.73. The first-order valence-corrected chi connectivity index (χ1v) is 10.6. The van der Waals surface area contributed by atoms with Crippen LogP contribution < -0.4 is 0 Å². The van der Waals surface area contributed by atoms with Gasteiger partial charge in [0.05, 0.1) is 0 Å². The predicted molar refractivity (Wildman–Crippen MR) is 84.5 cm³/mol. The molecule has 0 heterocycles. The van der Waals surface area contributed by atoms with Crippen LogP contribution >= 0.6 is 39.0 Å². The Labute approximate surface area is 114 Å². The summed E-state index contributed by atoms with van der Waals surface area (Å²) in [6.45, 7) is 11.2. The summed E-state index contributed by atoms with van der Waals surface area (Å²) in [6.07, 6.45) is 5.92. The molecule has 98 valence electrons. The van der Waals surface area contributed by atoms with Crippen molar-refractivity contribution in [3.8, 4) is 0 Å². The van der Waals surface area contributed by atoms with Gasteiger partial charge in [-0.25, -0.2) is 0 Å². The number of alkyl halides is 2. The van der Waals surface area contributed by atoms with Gasteiger partial charge in [-0.1, -0.05) is 65.7 Å². The van der Waals surface area contributed by atoms with Crippen molar-refractivity contribution in [1.82, 2.24) is 0 Å². The fourth-order valence-electron chi connectivity index (χ4n) is 2.24. The van der Waals surface area contributed by atoms with E-state index in [0.29, 0.717) is 5.66 Å². The number of rotatable bonds is 8. The molecule has 4 heteroatoms. The maximum atomic E-state index is 6.73. The Bertz CT molecular complexity index is 178. The average molecular weight is 303 g/mol. The van der Waals surface area contributed by atoms with Crippen molar-refractivity contribution >= 4 is 39.0 Å². The molecule has 0 aliphatic rings. The molecule has 0 fully saturated rings. The third kappa shape index (κ3) is 4.28. The van der Waals surface area contributed by atoms with Gasteiger partial charge in [-0.3, -0.25) is 0 Å². The molecule has 0 nitrogen and oxygen atoms in total. The highest BCUT2D eigenvalue weighted by Gasteiger charge is 2.42. The minimum Gasteiger partial charge on any atom is -0.101 e. The summed E-state index contributed by atoms with van der Waals surface area (Å²) in [6, 6.07) is 0. The summed E-state index contributed by atoms with van der Waals surface area (Å²) in [7, 11) is -0.241. The van der Waals surface area contributed by atoms with Crippen molar-refractivity contribution in [2.45, 2.75) is 50.8 Å². The van der Waals surface area contributed by atoms with Gasteiger partial charge in [0.25, 0.3) is 0 Å². The Hall–Kier alpha value is 1.44. The lowest BCUT2D eigenvalue weighted by atomic mass is 10.4. The molecule has 0 saturated carbocycles. The second-order valence-electron chi connectivity index (χ2n) is 3.91. The zero-order valence-corrected chi connectivity index (χ0v) is 14.6. The van der Waals surface area contributed by atoms with Crippen molar-refractivity contribution in [3.05, 3.63) is 0 Å². The Kier molecular flexibility index (Phi) is 9.29. The Balaban J connectivity index is 4.89. The topological polar surface area (TPSA) is 0 Å². The number of halogens is 2. The normalized spacial score (nSPS) is 14.8. The first-order valence-electron chi connectivity index (χ1n) is 6.36. The summed E-state index contributed by atoms with van der Waals surface area (Å²) >= 11 is 13.5. The average Bonchev–Trinajstić information content (AvgIpc) is 2.26. The molecule has 0 spiro atoms. The zero-order valence-electron chi connectivity index (χ0n) is 11.3. The smallest absolute Gasteiger partial charge is 0.101 e. The lowest BCUT2D eigenvalue weighted by Gasteiger charge is -2.40. The maximum Gasteiger partial charge on any atom is 0.143 e. The van der Waals surface area contributed by atoms with E-state index in [1.54, 1.807) is 0 Å². The lowest BCUT2D eigenvalue weighted by molar-refractivity contribution is 0.822. The van der Waals surface area contributed by atoms with E-state index in [1.165, 1.54) is 12.3 Å². The Morgan fingerprint density at radius 1 is 0.875 bits per heavy atom. The second-order valence-corrected chi connectivity index (χ2v) is 11.9. The fraction of sp³-hybridized carbons (Fsp3) is 1.00. The molecule has 0 aromatic carbocycles.